The van der Waals surface area contributed by atoms with Crippen LogP contribution in [0.5, 0.6) is 5.75 Å². The molecule has 2 nitrogen and oxygen atoms in total. The largest absolute Gasteiger partial charge is 0.493 e. The molecule has 0 amide bonds. The minimum absolute atomic E-state index is 0.482. The Balaban J connectivity index is 1.97. The molecule has 1 aromatic carbocycles. The van der Waals surface area contributed by atoms with Gasteiger partial charge in [-0.1, -0.05) is 28.1 Å². The number of hydrogen-bond acceptors (Lipinski definition) is 3. The maximum absolute atomic E-state index is 5.78. The van der Waals surface area contributed by atoms with Crippen molar-refractivity contribution < 1.29 is 4.74 Å². The van der Waals surface area contributed by atoms with Gasteiger partial charge < -0.3 is 10.5 Å². The fourth-order valence-electron chi connectivity index (χ4n) is 1.59. The predicted octanol–water partition coefficient (Wildman–Crippen LogP) is 3.59. The Morgan fingerprint density at radius 2 is 2.12 bits per heavy atom. The van der Waals surface area contributed by atoms with Crippen LogP contribution < -0.4 is 10.5 Å². The van der Waals surface area contributed by atoms with E-state index in [9.17, 15) is 0 Å². The SMILES string of the molecule is NCc1c(Br)cccc1OCCc1cccs1. The van der Waals surface area contributed by atoms with Crippen LogP contribution >= 0.6 is 27.3 Å². The average Bonchev–Trinajstić information content (AvgIpc) is 2.82. The second-order valence-electron chi connectivity index (χ2n) is 3.60. The van der Waals surface area contributed by atoms with Gasteiger partial charge in [0.25, 0.3) is 0 Å². The van der Waals surface area contributed by atoms with E-state index < -0.39 is 0 Å². The lowest BCUT2D eigenvalue weighted by atomic mass is 10.2. The van der Waals surface area contributed by atoms with Crippen molar-refractivity contribution in [3.05, 3.63) is 50.6 Å². The summed E-state index contributed by atoms with van der Waals surface area (Å²) in [7, 11) is 0. The van der Waals surface area contributed by atoms with Crippen molar-refractivity contribution in [2.75, 3.05) is 6.61 Å². The van der Waals surface area contributed by atoms with Crippen molar-refractivity contribution in [2.24, 2.45) is 5.73 Å². The van der Waals surface area contributed by atoms with Crippen LogP contribution in [-0.2, 0) is 13.0 Å². The van der Waals surface area contributed by atoms with Crippen LogP contribution in [0.4, 0.5) is 0 Å². The molecule has 0 fully saturated rings. The molecule has 0 aliphatic heterocycles. The number of benzene rings is 1. The Morgan fingerprint density at radius 3 is 2.82 bits per heavy atom. The third kappa shape index (κ3) is 3.31. The molecule has 0 bridgehead atoms. The molecule has 17 heavy (non-hydrogen) atoms. The van der Waals surface area contributed by atoms with E-state index in [-0.39, 0.29) is 0 Å². The summed E-state index contributed by atoms with van der Waals surface area (Å²) < 4.78 is 6.79. The van der Waals surface area contributed by atoms with Crippen molar-refractivity contribution in [3.63, 3.8) is 0 Å². The van der Waals surface area contributed by atoms with Crippen LogP contribution in [-0.4, -0.2) is 6.61 Å². The topological polar surface area (TPSA) is 35.2 Å². The number of rotatable bonds is 5. The Bertz CT molecular complexity index is 470. The Hall–Kier alpha value is -0.840. The molecule has 0 saturated carbocycles. The zero-order chi connectivity index (χ0) is 12.1. The standard InChI is InChI=1S/C13H14BrNOS/c14-12-4-1-5-13(11(12)9-15)16-7-6-10-3-2-8-17-10/h1-5,8H,6-7,9,15H2. The molecule has 4 heteroatoms. The molecule has 0 atom stereocenters. The summed E-state index contributed by atoms with van der Waals surface area (Å²) in [5, 5.41) is 2.08. The van der Waals surface area contributed by atoms with E-state index in [0.29, 0.717) is 13.2 Å². The van der Waals surface area contributed by atoms with Gasteiger partial charge in [0.05, 0.1) is 6.61 Å². The van der Waals surface area contributed by atoms with Crippen molar-refractivity contribution in [2.45, 2.75) is 13.0 Å². The first kappa shape index (κ1) is 12.6. The highest BCUT2D eigenvalue weighted by atomic mass is 79.9. The van der Waals surface area contributed by atoms with Gasteiger partial charge >= 0.3 is 0 Å². The molecule has 1 aromatic heterocycles. The van der Waals surface area contributed by atoms with Crippen LogP contribution in [0.3, 0.4) is 0 Å². The minimum atomic E-state index is 0.482. The van der Waals surface area contributed by atoms with E-state index >= 15 is 0 Å². The van der Waals surface area contributed by atoms with Gasteiger partial charge in [-0.15, -0.1) is 11.3 Å². The van der Waals surface area contributed by atoms with E-state index in [1.54, 1.807) is 11.3 Å². The average molecular weight is 312 g/mol. The first-order chi connectivity index (χ1) is 8.31. The molecule has 0 unspecified atom stereocenters. The maximum Gasteiger partial charge on any atom is 0.124 e. The molecule has 0 aliphatic carbocycles. The van der Waals surface area contributed by atoms with Crippen molar-refractivity contribution in [3.8, 4) is 5.75 Å². The van der Waals surface area contributed by atoms with Crippen molar-refractivity contribution >= 4 is 27.3 Å². The van der Waals surface area contributed by atoms with Crippen LogP contribution in [0.2, 0.25) is 0 Å². The molecule has 90 valence electrons. The highest BCUT2D eigenvalue weighted by molar-refractivity contribution is 9.10. The van der Waals surface area contributed by atoms with Crippen LogP contribution in [0.25, 0.3) is 0 Å². The highest BCUT2D eigenvalue weighted by Crippen LogP contribution is 2.26. The van der Waals surface area contributed by atoms with Gasteiger partial charge in [0.1, 0.15) is 5.75 Å². The second kappa shape index (κ2) is 6.19. The third-order valence-electron chi connectivity index (χ3n) is 2.47. The van der Waals surface area contributed by atoms with Crippen molar-refractivity contribution in [1.29, 1.82) is 0 Å². The predicted molar refractivity (Wildman–Crippen MR) is 75.6 cm³/mol. The summed E-state index contributed by atoms with van der Waals surface area (Å²) in [4.78, 5) is 1.34. The Labute approximate surface area is 114 Å². The van der Waals surface area contributed by atoms with Gasteiger partial charge in [0.2, 0.25) is 0 Å². The van der Waals surface area contributed by atoms with Gasteiger partial charge in [0, 0.05) is 27.9 Å². The van der Waals surface area contributed by atoms with Gasteiger partial charge in [-0.3, -0.25) is 0 Å². The van der Waals surface area contributed by atoms with E-state index in [4.69, 9.17) is 10.5 Å². The van der Waals surface area contributed by atoms with Crippen LogP contribution in [0, 0.1) is 0 Å². The first-order valence-corrected chi connectivity index (χ1v) is 7.11. The number of hydrogen-bond donors (Lipinski definition) is 1. The normalized spacial score (nSPS) is 10.5. The van der Waals surface area contributed by atoms with E-state index in [1.165, 1.54) is 4.88 Å². The van der Waals surface area contributed by atoms with Crippen molar-refractivity contribution in [1.82, 2.24) is 0 Å². The molecular weight excluding hydrogens is 298 g/mol. The summed E-state index contributed by atoms with van der Waals surface area (Å²) in [6.07, 6.45) is 0.939. The lowest BCUT2D eigenvalue weighted by Gasteiger charge is -2.11. The molecule has 0 radical (unpaired) electrons. The first-order valence-electron chi connectivity index (χ1n) is 5.44. The van der Waals surface area contributed by atoms with Gasteiger partial charge in [0.15, 0.2) is 0 Å². The molecule has 0 spiro atoms. The molecule has 2 N–H and O–H groups in total. The smallest absolute Gasteiger partial charge is 0.124 e. The second-order valence-corrected chi connectivity index (χ2v) is 5.49. The molecule has 2 rings (SSSR count). The summed E-state index contributed by atoms with van der Waals surface area (Å²) in [5.41, 5.74) is 6.74. The summed E-state index contributed by atoms with van der Waals surface area (Å²) in [6, 6.07) is 10.1. The maximum atomic E-state index is 5.78. The quantitative estimate of drug-likeness (QED) is 0.916. The molecule has 0 saturated heterocycles. The summed E-state index contributed by atoms with van der Waals surface area (Å²) in [5.74, 6) is 0.874. The van der Waals surface area contributed by atoms with Gasteiger partial charge in [-0.2, -0.15) is 0 Å². The van der Waals surface area contributed by atoms with Gasteiger partial charge in [-0.05, 0) is 23.6 Å². The monoisotopic (exact) mass is 311 g/mol. The molecule has 2 aromatic rings. The van der Waals surface area contributed by atoms with Crippen LogP contribution in [0.1, 0.15) is 10.4 Å². The number of halogens is 1. The lowest BCUT2D eigenvalue weighted by Crippen LogP contribution is -2.05. The molecule has 0 aliphatic rings. The number of thiophene rings is 1. The minimum Gasteiger partial charge on any atom is -0.493 e. The Morgan fingerprint density at radius 1 is 1.24 bits per heavy atom. The third-order valence-corrected chi connectivity index (χ3v) is 4.15. The fraction of sp³-hybridized carbons (Fsp3) is 0.231. The molecular formula is C13H14BrNOS. The highest BCUT2D eigenvalue weighted by Gasteiger charge is 2.05. The fourth-order valence-corrected chi connectivity index (χ4v) is 2.79. The number of ether oxygens (including phenoxy) is 1. The zero-order valence-electron chi connectivity index (χ0n) is 9.36. The zero-order valence-corrected chi connectivity index (χ0v) is 11.8. The van der Waals surface area contributed by atoms with E-state index in [1.807, 2.05) is 18.2 Å². The van der Waals surface area contributed by atoms with E-state index in [2.05, 4.69) is 33.4 Å². The number of nitrogens with two attached hydrogens (primary N) is 1. The van der Waals surface area contributed by atoms with Gasteiger partial charge in [-0.25, -0.2) is 0 Å². The lowest BCUT2D eigenvalue weighted by molar-refractivity contribution is 0.319. The van der Waals surface area contributed by atoms with Crippen LogP contribution in [0.15, 0.2) is 40.2 Å². The molecule has 1 heterocycles. The summed E-state index contributed by atoms with van der Waals surface area (Å²) in [6.45, 7) is 1.17. The summed E-state index contributed by atoms with van der Waals surface area (Å²) >= 11 is 5.24. The van der Waals surface area contributed by atoms with E-state index in [0.717, 1.165) is 22.2 Å². The Kier molecular flexibility index (Phi) is 4.59.